The second-order valence-electron chi connectivity index (χ2n) is 1.38. The van der Waals surface area contributed by atoms with E-state index in [9.17, 15) is 0 Å². The lowest BCUT2D eigenvalue weighted by atomic mass is 10.5. The van der Waals surface area contributed by atoms with Crippen LogP contribution in [0.2, 0.25) is 0 Å². The molecule has 0 aliphatic heterocycles. The molecule has 8 heavy (non-hydrogen) atoms. The Hall–Kier alpha value is -1.25. The summed E-state index contributed by atoms with van der Waals surface area (Å²) in [5.74, 6) is 0.389. The first-order valence-corrected chi connectivity index (χ1v) is 2.18. The van der Waals surface area contributed by atoms with Gasteiger partial charge in [-0.05, 0) is 0 Å². The molecular weight excluding hydrogens is 104 g/mol. The second kappa shape index (κ2) is 1.69. The first kappa shape index (κ1) is 4.90. The molecule has 3 nitrogen and oxygen atoms in total. The van der Waals surface area contributed by atoms with Crippen molar-refractivity contribution in [3.05, 3.63) is 24.8 Å². The highest BCUT2D eigenvalue weighted by atomic mass is 16.3. The average Bonchev–Trinajstić information content (AvgIpc) is 2.12. The van der Waals surface area contributed by atoms with Crippen LogP contribution >= 0.6 is 0 Å². The Balaban J connectivity index is 2.93. The third-order valence-electron chi connectivity index (χ3n) is 0.772. The van der Waals surface area contributed by atoms with Crippen LogP contribution < -0.4 is 0 Å². The number of hydrogen-bond donors (Lipinski definition) is 2. The van der Waals surface area contributed by atoms with E-state index in [1.54, 1.807) is 12.4 Å². The number of H-pyrrole nitrogens is 1. The van der Waals surface area contributed by atoms with Crippen molar-refractivity contribution in [3.8, 4) is 0 Å². The molecule has 0 radical (unpaired) electrons. The van der Waals surface area contributed by atoms with Crippen molar-refractivity contribution >= 4 is 5.76 Å². The van der Waals surface area contributed by atoms with Gasteiger partial charge < -0.3 is 10.1 Å². The van der Waals surface area contributed by atoms with Gasteiger partial charge in [0.05, 0.1) is 0 Å². The van der Waals surface area contributed by atoms with Gasteiger partial charge in [-0.25, -0.2) is 4.98 Å². The van der Waals surface area contributed by atoms with Crippen molar-refractivity contribution in [2.24, 2.45) is 0 Å². The Kier molecular flexibility index (Phi) is 1.04. The molecule has 1 rings (SSSR count). The van der Waals surface area contributed by atoms with Crippen LogP contribution in [-0.4, -0.2) is 15.1 Å². The Morgan fingerprint density at radius 2 is 2.62 bits per heavy atom. The van der Waals surface area contributed by atoms with Gasteiger partial charge >= 0.3 is 0 Å². The maximum Gasteiger partial charge on any atom is 0.171 e. The molecule has 2 N–H and O–H groups in total. The highest BCUT2D eigenvalue weighted by Gasteiger charge is 1.92. The average molecular weight is 110 g/mol. The first-order valence-electron chi connectivity index (χ1n) is 2.18. The van der Waals surface area contributed by atoms with Gasteiger partial charge in [0.2, 0.25) is 0 Å². The number of aromatic nitrogens is 2. The van der Waals surface area contributed by atoms with E-state index < -0.39 is 0 Å². The summed E-state index contributed by atoms with van der Waals surface area (Å²) < 4.78 is 0. The van der Waals surface area contributed by atoms with Crippen molar-refractivity contribution in [2.45, 2.75) is 0 Å². The maximum absolute atomic E-state index is 8.62. The molecule has 0 unspecified atom stereocenters. The highest BCUT2D eigenvalue weighted by Crippen LogP contribution is 1.97. The first-order chi connectivity index (χ1) is 3.80. The van der Waals surface area contributed by atoms with Gasteiger partial charge in [-0.3, -0.25) is 0 Å². The lowest BCUT2D eigenvalue weighted by Crippen LogP contribution is -1.80. The fraction of sp³-hybridized carbons (Fsp3) is 0. The van der Waals surface area contributed by atoms with E-state index in [4.69, 9.17) is 5.11 Å². The summed E-state index contributed by atoms with van der Waals surface area (Å²) in [7, 11) is 0. The molecule has 0 aliphatic carbocycles. The van der Waals surface area contributed by atoms with Gasteiger partial charge in [0, 0.05) is 12.4 Å². The van der Waals surface area contributed by atoms with Crippen LogP contribution in [-0.2, 0) is 0 Å². The molecule has 1 heterocycles. The number of rotatable bonds is 1. The highest BCUT2D eigenvalue weighted by molar-refractivity contribution is 5.46. The zero-order chi connectivity index (χ0) is 5.98. The largest absolute Gasteiger partial charge is 0.505 e. The minimum Gasteiger partial charge on any atom is -0.505 e. The summed E-state index contributed by atoms with van der Waals surface area (Å²) in [5, 5.41) is 8.62. The minimum atomic E-state index is -0.0324. The number of aliphatic hydroxyl groups is 1. The van der Waals surface area contributed by atoms with Gasteiger partial charge in [-0.15, -0.1) is 0 Å². The smallest absolute Gasteiger partial charge is 0.171 e. The zero-order valence-corrected chi connectivity index (χ0v) is 4.26. The number of imidazole rings is 1. The summed E-state index contributed by atoms with van der Waals surface area (Å²) in [5.41, 5.74) is 0. The molecular formula is C5H6N2O. The summed E-state index contributed by atoms with van der Waals surface area (Å²) in [6.07, 6.45) is 3.17. The number of nitrogens with one attached hydrogen (secondary N) is 1. The van der Waals surface area contributed by atoms with Gasteiger partial charge in [-0.1, -0.05) is 6.58 Å². The van der Waals surface area contributed by atoms with Crippen LogP contribution in [0, 0.1) is 0 Å². The molecule has 3 heteroatoms. The predicted octanol–water partition coefficient (Wildman–Crippen LogP) is 0.938. The summed E-state index contributed by atoms with van der Waals surface area (Å²) in [6, 6.07) is 0. The van der Waals surface area contributed by atoms with E-state index in [-0.39, 0.29) is 5.76 Å². The molecule has 0 spiro atoms. The normalized spacial score (nSPS) is 9.00. The van der Waals surface area contributed by atoms with Crippen molar-refractivity contribution in [2.75, 3.05) is 0 Å². The SMILES string of the molecule is C=C(O)c1ncc[nH]1. The van der Waals surface area contributed by atoms with E-state index in [1.165, 1.54) is 0 Å². The lowest BCUT2D eigenvalue weighted by molar-refractivity contribution is 0.508. The van der Waals surface area contributed by atoms with E-state index in [0.29, 0.717) is 5.82 Å². The summed E-state index contributed by atoms with van der Waals surface area (Å²) in [6.45, 7) is 3.26. The van der Waals surface area contributed by atoms with Crippen molar-refractivity contribution in [1.82, 2.24) is 9.97 Å². The van der Waals surface area contributed by atoms with Crippen LogP contribution in [0.5, 0.6) is 0 Å². The molecule has 0 fully saturated rings. The van der Waals surface area contributed by atoms with Gasteiger partial charge in [0.25, 0.3) is 0 Å². The number of hydrogen-bond acceptors (Lipinski definition) is 2. The fourth-order valence-electron chi connectivity index (χ4n) is 0.423. The summed E-state index contributed by atoms with van der Waals surface area (Å²) >= 11 is 0. The lowest BCUT2D eigenvalue weighted by Gasteiger charge is -1.85. The predicted molar refractivity (Wildman–Crippen MR) is 30.3 cm³/mol. The van der Waals surface area contributed by atoms with Crippen LogP contribution in [0.3, 0.4) is 0 Å². The third kappa shape index (κ3) is 0.703. The minimum absolute atomic E-state index is 0.0324. The third-order valence-corrected chi connectivity index (χ3v) is 0.772. The number of aliphatic hydroxyl groups excluding tert-OH is 1. The Bertz CT molecular complexity index is 178. The van der Waals surface area contributed by atoms with Crippen molar-refractivity contribution < 1.29 is 5.11 Å². The fourth-order valence-corrected chi connectivity index (χ4v) is 0.423. The monoisotopic (exact) mass is 110 g/mol. The molecule has 0 aromatic carbocycles. The summed E-state index contributed by atoms with van der Waals surface area (Å²) in [4.78, 5) is 6.39. The van der Waals surface area contributed by atoms with E-state index in [0.717, 1.165) is 0 Å². The van der Waals surface area contributed by atoms with Crippen molar-refractivity contribution in [3.63, 3.8) is 0 Å². The van der Waals surface area contributed by atoms with Crippen LogP contribution in [0.1, 0.15) is 5.82 Å². The van der Waals surface area contributed by atoms with E-state index >= 15 is 0 Å². The molecule has 1 aromatic rings. The molecule has 0 amide bonds. The van der Waals surface area contributed by atoms with Crippen LogP contribution in [0.25, 0.3) is 5.76 Å². The number of nitrogens with zero attached hydrogens (tertiary/aromatic N) is 1. The molecule has 0 aliphatic rings. The molecule has 1 aromatic heterocycles. The Labute approximate surface area is 46.7 Å². The zero-order valence-electron chi connectivity index (χ0n) is 4.26. The van der Waals surface area contributed by atoms with Crippen LogP contribution in [0.15, 0.2) is 19.0 Å². The molecule has 42 valence electrons. The van der Waals surface area contributed by atoms with Gasteiger partial charge in [0.1, 0.15) is 0 Å². The number of aromatic amines is 1. The second-order valence-corrected chi connectivity index (χ2v) is 1.38. The van der Waals surface area contributed by atoms with Gasteiger partial charge in [-0.2, -0.15) is 0 Å². The molecule has 0 atom stereocenters. The van der Waals surface area contributed by atoms with Gasteiger partial charge in [0.15, 0.2) is 11.6 Å². The van der Waals surface area contributed by atoms with Crippen LogP contribution in [0.4, 0.5) is 0 Å². The van der Waals surface area contributed by atoms with Crippen molar-refractivity contribution in [1.29, 1.82) is 0 Å². The molecule has 0 saturated heterocycles. The standard InChI is InChI=1S/C5H6N2O/c1-4(8)5-6-2-3-7-5/h2-3,8H,1H2,(H,6,7). The molecule has 0 bridgehead atoms. The van der Waals surface area contributed by atoms with E-state index in [2.05, 4.69) is 16.5 Å². The Morgan fingerprint density at radius 3 is 2.88 bits per heavy atom. The topological polar surface area (TPSA) is 48.9 Å². The van der Waals surface area contributed by atoms with E-state index in [1.807, 2.05) is 0 Å². The Morgan fingerprint density at radius 1 is 1.88 bits per heavy atom. The quantitative estimate of drug-likeness (QED) is 0.528. The maximum atomic E-state index is 8.62. The molecule has 0 saturated carbocycles.